The molecule has 1 fully saturated rings. The number of likely N-dealkylation sites (N-methyl/N-ethyl adjacent to an activating group) is 1. The fourth-order valence-corrected chi connectivity index (χ4v) is 4.83. The number of nitrogens with one attached hydrogen (secondary N) is 2. The predicted octanol–water partition coefficient (Wildman–Crippen LogP) is -0.128. The summed E-state index contributed by atoms with van der Waals surface area (Å²) in [7, 11) is -1.55. The number of quaternary nitrogens is 1. The van der Waals surface area contributed by atoms with Crippen molar-refractivity contribution >= 4 is 32.4 Å². The van der Waals surface area contributed by atoms with Crippen LogP contribution in [0.2, 0.25) is 0 Å². The van der Waals surface area contributed by atoms with Crippen molar-refractivity contribution in [1.29, 1.82) is 0 Å². The number of anilines is 1. The first-order chi connectivity index (χ1) is 12.4. The summed E-state index contributed by atoms with van der Waals surface area (Å²) in [6.45, 7) is 4.47. The smallest absolute Gasteiger partial charge is 0.257 e. The Kier molecular flexibility index (Phi) is 5.66. The Labute approximate surface area is 156 Å². The third-order valence-corrected chi connectivity index (χ3v) is 7.18. The molecule has 8 nitrogen and oxygen atoms in total. The van der Waals surface area contributed by atoms with E-state index < -0.39 is 15.9 Å². The van der Waals surface area contributed by atoms with Crippen LogP contribution in [-0.4, -0.2) is 62.1 Å². The molecule has 1 amide bonds. The van der Waals surface area contributed by atoms with Gasteiger partial charge in [-0.2, -0.15) is 4.31 Å². The van der Waals surface area contributed by atoms with Crippen LogP contribution in [0.1, 0.15) is 22.3 Å². The van der Waals surface area contributed by atoms with E-state index in [1.54, 1.807) is 12.1 Å². The lowest BCUT2D eigenvalue weighted by atomic mass is 10.2. The van der Waals surface area contributed by atoms with Gasteiger partial charge in [-0.25, -0.2) is 8.42 Å². The number of carbonyl (C=O) groups is 1. The highest BCUT2D eigenvalue weighted by Crippen LogP contribution is 2.20. The van der Waals surface area contributed by atoms with E-state index in [1.807, 2.05) is 14.0 Å². The zero-order valence-electron chi connectivity index (χ0n) is 14.7. The first kappa shape index (κ1) is 18.9. The number of aromatic nitrogens is 2. The molecule has 0 spiro atoms. The molecular formula is C16H22N5O3S2+. The van der Waals surface area contributed by atoms with Gasteiger partial charge in [0.2, 0.25) is 15.2 Å². The van der Waals surface area contributed by atoms with Gasteiger partial charge in [0.25, 0.3) is 5.91 Å². The minimum absolute atomic E-state index is 0.135. The molecule has 1 aliphatic heterocycles. The predicted molar refractivity (Wildman–Crippen MR) is 99.1 cm³/mol. The van der Waals surface area contributed by atoms with Crippen molar-refractivity contribution < 1.29 is 18.1 Å². The van der Waals surface area contributed by atoms with E-state index in [-0.39, 0.29) is 10.5 Å². The van der Waals surface area contributed by atoms with E-state index in [9.17, 15) is 13.2 Å². The van der Waals surface area contributed by atoms with Crippen molar-refractivity contribution in [2.75, 3.05) is 38.5 Å². The summed E-state index contributed by atoms with van der Waals surface area (Å²) in [5, 5.41) is 11.8. The highest BCUT2D eigenvalue weighted by Gasteiger charge is 2.29. The maximum atomic E-state index is 12.8. The molecule has 10 heteroatoms. The average molecular weight is 397 g/mol. The molecule has 1 aromatic heterocycles. The van der Waals surface area contributed by atoms with Crippen molar-refractivity contribution in [2.45, 2.75) is 18.2 Å². The van der Waals surface area contributed by atoms with Crippen molar-refractivity contribution in [3.05, 3.63) is 34.8 Å². The lowest BCUT2D eigenvalue weighted by Crippen LogP contribution is -3.12. The number of piperazine rings is 1. The molecule has 1 aromatic carbocycles. The minimum Gasteiger partial charge on any atom is -0.335 e. The van der Waals surface area contributed by atoms with Crippen LogP contribution in [0.4, 0.5) is 5.13 Å². The van der Waals surface area contributed by atoms with E-state index in [1.165, 1.54) is 32.7 Å². The number of hydrogen-bond acceptors (Lipinski definition) is 6. The summed E-state index contributed by atoms with van der Waals surface area (Å²) in [5.41, 5.74) is 0.277. The SMILES string of the molecule is CCc1nnc(NC(=O)c2cccc(S(=O)(=O)N3CC[NH+](C)CC3)c2)s1. The molecule has 26 heavy (non-hydrogen) atoms. The molecule has 0 radical (unpaired) electrons. The van der Waals surface area contributed by atoms with Crippen LogP contribution in [0.15, 0.2) is 29.2 Å². The molecule has 140 valence electrons. The summed E-state index contributed by atoms with van der Waals surface area (Å²) < 4.78 is 27.1. The molecule has 2 aromatic rings. The largest absolute Gasteiger partial charge is 0.335 e. The summed E-state index contributed by atoms with van der Waals surface area (Å²) in [5.74, 6) is -0.399. The molecular weight excluding hydrogens is 374 g/mol. The van der Waals surface area contributed by atoms with Crippen LogP contribution in [0.25, 0.3) is 0 Å². The maximum Gasteiger partial charge on any atom is 0.257 e. The molecule has 0 unspecified atom stereocenters. The molecule has 2 N–H and O–H groups in total. The molecule has 1 saturated heterocycles. The third kappa shape index (κ3) is 4.09. The zero-order chi connectivity index (χ0) is 18.7. The van der Waals surface area contributed by atoms with E-state index in [4.69, 9.17) is 0 Å². The summed E-state index contributed by atoms with van der Waals surface area (Å²) >= 11 is 1.31. The average Bonchev–Trinajstić information content (AvgIpc) is 3.10. The molecule has 3 rings (SSSR count). The number of carbonyl (C=O) groups excluding carboxylic acids is 1. The van der Waals surface area contributed by atoms with E-state index in [0.29, 0.717) is 18.2 Å². The second-order valence-corrected chi connectivity index (χ2v) is 9.20. The number of rotatable bonds is 5. The van der Waals surface area contributed by atoms with Crippen LogP contribution in [0.5, 0.6) is 0 Å². The number of sulfonamides is 1. The first-order valence-electron chi connectivity index (χ1n) is 8.45. The lowest BCUT2D eigenvalue weighted by molar-refractivity contribution is -0.883. The van der Waals surface area contributed by atoms with E-state index in [0.717, 1.165) is 24.5 Å². The van der Waals surface area contributed by atoms with Crippen molar-refractivity contribution in [3.63, 3.8) is 0 Å². The highest BCUT2D eigenvalue weighted by molar-refractivity contribution is 7.89. The van der Waals surface area contributed by atoms with Gasteiger partial charge in [0.15, 0.2) is 0 Å². The first-order valence-corrected chi connectivity index (χ1v) is 10.7. The maximum absolute atomic E-state index is 12.8. The zero-order valence-corrected chi connectivity index (χ0v) is 16.4. The fraction of sp³-hybridized carbons (Fsp3) is 0.438. The van der Waals surface area contributed by atoms with Gasteiger partial charge >= 0.3 is 0 Å². The van der Waals surface area contributed by atoms with E-state index >= 15 is 0 Å². The van der Waals surface area contributed by atoms with Gasteiger partial charge in [0.05, 0.1) is 38.1 Å². The van der Waals surface area contributed by atoms with Gasteiger partial charge in [-0.3, -0.25) is 10.1 Å². The van der Waals surface area contributed by atoms with E-state index in [2.05, 4.69) is 15.5 Å². The monoisotopic (exact) mass is 396 g/mol. The van der Waals surface area contributed by atoms with Crippen LogP contribution in [0.3, 0.4) is 0 Å². The number of nitrogens with zero attached hydrogens (tertiary/aromatic N) is 3. The quantitative estimate of drug-likeness (QED) is 0.734. The standard InChI is InChI=1S/C16H21N5O3S2/c1-3-14-18-19-16(25-14)17-15(22)12-5-4-6-13(11-12)26(23,24)21-9-7-20(2)8-10-21/h4-6,11H,3,7-10H2,1-2H3,(H,17,19,22)/p+1. The number of hydrogen-bond donors (Lipinski definition) is 2. The molecule has 1 aliphatic rings. The van der Waals surface area contributed by atoms with Crippen LogP contribution in [0, 0.1) is 0 Å². The second kappa shape index (κ2) is 7.78. The highest BCUT2D eigenvalue weighted by atomic mass is 32.2. The summed E-state index contributed by atoms with van der Waals surface area (Å²) in [6.07, 6.45) is 0.744. The molecule has 2 heterocycles. The lowest BCUT2D eigenvalue weighted by Gasteiger charge is -2.29. The van der Waals surface area contributed by atoms with Gasteiger partial charge in [0.1, 0.15) is 5.01 Å². The van der Waals surface area contributed by atoms with Gasteiger partial charge in [0, 0.05) is 5.56 Å². The minimum atomic E-state index is -3.60. The van der Waals surface area contributed by atoms with Gasteiger partial charge in [-0.05, 0) is 24.6 Å². The number of aryl methyl sites for hydroxylation is 1. The van der Waals surface area contributed by atoms with Crippen LogP contribution in [-0.2, 0) is 16.4 Å². The van der Waals surface area contributed by atoms with Crippen molar-refractivity contribution in [2.24, 2.45) is 0 Å². The Morgan fingerprint density at radius 2 is 2.04 bits per heavy atom. The van der Waals surface area contributed by atoms with Crippen LogP contribution >= 0.6 is 11.3 Å². The summed E-state index contributed by atoms with van der Waals surface area (Å²) in [4.78, 5) is 13.9. The Hall–Kier alpha value is -1.88. The second-order valence-electron chi connectivity index (χ2n) is 6.20. The Morgan fingerprint density at radius 3 is 2.69 bits per heavy atom. The normalized spacial score (nSPS) is 16.5. The van der Waals surface area contributed by atoms with Crippen LogP contribution < -0.4 is 10.2 Å². The third-order valence-electron chi connectivity index (χ3n) is 4.30. The molecule has 0 atom stereocenters. The molecule has 0 saturated carbocycles. The molecule has 0 bridgehead atoms. The van der Waals surface area contributed by atoms with Gasteiger partial charge in [-0.15, -0.1) is 10.2 Å². The van der Waals surface area contributed by atoms with Crippen molar-refractivity contribution in [1.82, 2.24) is 14.5 Å². The number of amides is 1. The number of benzene rings is 1. The van der Waals surface area contributed by atoms with Gasteiger partial charge in [-0.1, -0.05) is 24.3 Å². The topological polar surface area (TPSA) is 96.7 Å². The van der Waals surface area contributed by atoms with Crippen molar-refractivity contribution in [3.8, 4) is 0 Å². The summed E-state index contributed by atoms with van der Waals surface area (Å²) in [6, 6.07) is 6.11. The Balaban J connectivity index is 1.77. The van der Waals surface area contributed by atoms with Gasteiger partial charge < -0.3 is 4.90 Å². The Morgan fingerprint density at radius 1 is 1.31 bits per heavy atom. The Bertz CT molecular complexity index is 889. The molecule has 0 aliphatic carbocycles. The fourth-order valence-electron chi connectivity index (χ4n) is 2.67.